The first-order chi connectivity index (χ1) is 6.81. The molecule has 1 aromatic heterocycles. The number of hydrogen-bond donors (Lipinski definition) is 0. The number of aromatic nitrogens is 3. The molecule has 1 heterocycles. The lowest BCUT2D eigenvalue weighted by Crippen LogP contribution is -2.00. The van der Waals surface area contributed by atoms with Crippen LogP contribution in [0, 0.1) is 5.82 Å². The van der Waals surface area contributed by atoms with Gasteiger partial charge in [-0.05, 0) is 24.3 Å². The minimum Gasteiger partial charge on any atom is -0.217 e. The standard InChI is InChI=1S/C9H7BrFN3/c10-5-9-6-12-13-14(9)8-3-1-7(11)2-4-8/h1-4,6H,5H2. The number of halogens is 2. The fourth-order valence-corrected chi connectivity index (χ4v) is 1.53. The van der Waals surface area contributed by atoms with Gasteiger partial charge in [0.25, 0.3) is 0 Å². The van der Waals surface area contributed by atoms with Gasteiger partial charge >= 0.3 is 0 Å². The van der Waals surface area contributed by atoms with Crippen molar-refractivity contribution >= 4 is 15.9 Å². The Labute approximate surface area is 88.7 Å². The Bertz CT molecular complexity index is 424. The highest BCUT2D eigenvalue weighted by Crippen LogP contribution is 2.12. The van der Waals surface area contributed by atoms with E-state index in [0.29, 0.717) is 5.33 Å². The molecule has 0 aliphatic heterocycles. The van der Waals surface area contributed by atoms with Crippen LogP contribution in [0.1, 0.15) is 5.69 Å². The quantitative estimate of drug-likeness (QED) is 0.772. The van der Waals surface area contributed by atoms with Crippen molar-refractivity contribution in [1.29, 1.82) is 0 Å². The first kappa shape index (κ1) is 9.33. The SMILES string of the molecule is Fc1ccc(-n2nncc2CBr)cc1. The summed E-state index contributed by atoms with van der Waals surface area (Å²) in [7, 11) is 0. The lowest BCUT2D eigenvalue weighted by Gasteiger charge is -2.02. The molecule has 0 radical (unpaired) electrons. The monoisotopic (exact) mass is 255 g/mol. The third-order valence-corrected chi connectivity index (χ3v) is 2.40. The van der Waals surface area contributed by atoms with E-state index in [1.807, 2.05) is 0 Å². The Morgan fingerprint density at radius 1 is 1.29 bits per heavy atom. The summed E-state index contributed by atoms with van der Waals surface area (Å²) >= 11 is 3.32. The molecule has 0 amide bonds. The molecule has 0 aliphatic carbocycles. The van der Waals surface area contributed by atoms with Gasteiger partial charge in [0, 0.05) is 5.33 Å². The fourth-order valence-electron chi connectivity index (χ4n) is 1.15. The summed E-state index contributed by atoms with van der Waals surface area (Å²) in [6.07, 6.45) is 1.66. The molecule has 0 fully saturated rings. The van der Waals surface area contributed by atoms with Crippen molar-refractivity contribution in [3.8, 4) is 5.69 Å². The van der Waals surface area contributed by atoms with Crippen LogP contribution >= 0.6 is 15.9 Å². The Balaban J connectivity index is 2.44. The normalized spacial score (nSPS) is 10.4. The zero-order valence-electron chi connectivity index (χ0n) is 7.19. The van der Waals surface area contributed by atoms with Crippen LogP contribution in [0.25, 0.3) is 5.69 Å². The lowest BCUT2D eigenvalue weighted by atomic mass is 10.3. The van der Waals surface area contributed by atoms with Gasteiger partial charge in [-0.15, -0.1) is 5.10 Å². The van der Waals surface area contributed by atoms with E-state index in [1.54, 1.807) is 23.0 Å². The molecular formula is C9H7BrFN3. The van der Waals surface area contributed by atoms with Crippen LogP contribution in [0.4, 0.5) is 4.39 Å². The van der Waals surface area contributed by atoms with Gasteiger partial charge in [0.15, 0.2) is 0 Å². The van der Waals surface area contributed by atoms with Crippen LogP contribution in [0.5, 0.6) is 0 Å². The van der Waals surface area contributed by atoms with E-state index in [-0.39, 0.29) is 5.82 Å². The highest BCUT2D eigenvalue weighted by molar-refractivity contribution is 9.08. The van der Waals surface area contributed by atoms with Gasteiger partial charge in [-0.25, -0.2) is 9.07 Å². The zero-order chi connectivity index (χ0) is 9.97. The van der Waals surface area contributed by atoms with E-state index in [2.05, 4.69) is 26.2 Å². The van der Waals surface area contributed by atoms with Crippen LogP contribution in [0.3, 0.4) is 0 Å². The summed E-state index contributed by atoms with van der Waals surface area (Å²) in [5, 5.41) is 8.35. The predicted octanol–water partition coefficient (Wildman–Crippen LogP) is 2.30. The average molecular weight is 256 g/mol. The molecule has 0 N–H and O–H groups in total. The molecule has 14 heavy (non-hydrogen) atoms. The third-order valence-electron chi connectivity index (χ3n) is 1.83. The summed E-state index contributed by atoms with van der Waals surface area (Å²) in [5.41, 5.74) is 1.73. The van der Waals surface area contributed by atoms with Gasteiger partial charge < -0.3 is 0 Å². The zero-order valence-corrected chi connectivity index (χ0v) is 8.78. The van der Waals surface area contributed by atoms with Crippen molar-refractivity contribution in [2.24, 2.45) is 0 Å². The van der Waals surface area contributed by atoms with Gasteiger partial charge in [-0.2, -0.15) is 0 Å². The first-order valence-corrected chi connectivity index (χ1v) is 5.15. The molecule has 3 nitrogen and oxygen atoms in total. The maximum Gasteiger partial charge on any atom is 0.123 e. The van der Waals surface area contributed by atoms with E-state index in [0.717, 1.165) is 11.4 Å². The average Bonchev–Trinajstić information content (AvgIpc) is 2.67. The Morgan fingerprint density at radius 2 is 2.00 bits per heavy atom. The van der Waals surface area contributed by atoms with Crippen LogP contribution in [0.2, 0.25) is 0 Å². The molecule has 72 valence electrons. The van der Waals surface area contributed by atoms with Crippen molar-refractivity contribution in [2.45, 2.75) is 5.33 Å². The van der Waals surface area contributed by atoms with Crippen LogP contribution in [0.15, 0.2) is 30.5 Å². The lowest BCUT2D eigenvalue weighted by molar-refractivity contribution is 0.626. The van der Waals surface area contributed by atoms with Gasteiger partial charge in [-0.1, -0.05) is 21.1 Å². The van der Waals surface area contributed by atoms with Crippen molar-refractivity contribution < 1.29 is 4.39 Å². The highest BCUT2D eigenvalue weighted by Gasteiger charge is 2.04. The maximum atomic E-state index is 12.7. The molecule has 0 saturated carbocycles. The summed E-state index contributed by atoms with van der Waals surface area (Å²) in [4.78, 5) is 0. The van der Waals surface area contributed by atoms with Crippen molar-refractivity contribution in [1.82, 2.24) is 15.0 Å². The van der Waals surface area contributed by atoms with Gasteiger partial charge in [-0.3, -0.25) is 0 Å². The van der Waals surface area contributed by atoms with Gasteiger partial charge in [0.1, 0.15) is 5.82 Å². The minimum absolute atomic E-state index is 0.255. The summed E-state index contributed by atoms with van der Waals surface area (Å²) in [6, 6.07) is 6.12. The molecule has 0 spiro atoms. The Hall–Kier alpha value is -1.23. The van der Waals surface area contributed by atoms with Gasteiger partial charge in [0.2, 0.25) is 0 Å². The Morgan fingerprint density at radius 3 is 2.64 bits per heavy atom. The van der Waals surface area contributed by atoms with E-state index < -0.39 is 0 Å². The number of nitrogens with zero attached hydrogens (tertiary/aromatic N) is 3. The molecular weight excluding hydrogens is 249 g/mol. The van der Waals surface area contributed by atoms with Crippen molar-refractivity contribution in [2.75, 3.05) is 0 Å². The van der Waals surface area contributed by atoms with Crippen molar-refractivity contribution in [3.63, 3.8) is 0 Å². The smallest absolute Gasteiger partial charge is 0.123 e. The number of alkyl halides is 1. The molecule has 2 aromatic rings. The predicted molar refractivity (Wildman–Crippen MR) is 53.9 cm³/mol. The van der Waals surface area contributed by atoms with Crippen LogP contribution in [-0.4, -0.2) is 15.0 Å². The molecule has 5 heteroatoms. The summed E-state index contributed by atoms with van der Waals surface area (Å²) < 4.78 is 14.3. The highest BCUT2D eigenvalue weighted by atomic mass is 79.9. The molecule has 1 aromatic carbocycles. The molecule has 0 bridgehead atoms. The fraction of sp³-hybridized carbons (Fsp3) is 0.111. The number of rotatable bonds is 2. The second-order valence-electron chi connectivity index (χ2n) is 2.75. The number of hydrogen-bond acceptors (Lipinski definition) is 2. The molecule has 0 aliphatic rings. The molecule has 0 saturated heterocycles. The van der Waals surface area contributed by atoms with Crippen LogP contribution < -0.4 is 0 Å². The van der Waals surface area contributed by atoms with E-state index in [9.17, 15) is 4.39 Å². The largest absolute Gasteiger partial charge is 0.217 e. The number of benzene rings is 1. The molecule has 0 unspecified atom stereocenters. The maximum absolute atomic E-state index is 12.7. The second-order valence-corrected chi connectivity index (χ2v) is 3.31. The topological polar surface area (TPSA) is 30.7 Å². The van der Waals surface area contributed by atoms with E-state index in [4.69, 9.17) is 0 Å². The van der Waals surface area contributed by atoms with E-state index >= 15 is 0 Å². The first-order valence-electron chi connectivity index (χ1n) is 4.03. The molecule has 2 rings (SSSR count). The van der Waals surface area contributed by atoms with Crippen molar-refractivity contribution in [3.05, 3.63) is 42.0 Å². The summed E-state index contributed by atoms with van der Waals surface area (Å²) in [6.45, 7) is 0. The van der Waals surface area contributed by atoms with E-state index in [1.165, 1.54) is 12.1 Å². The Kier molecular flexibility index (Phi) is 2.58. The minimum atomic E-state index is -0.255. The van der Waals surface area contributed by atoms with Gasteiger partial charge in [0.05, 0.1) is 17.6 Å². The summed E-state index contributed by atoms with van der Waals surface area (Å²) in [5.74, 6) is -0.255. The second kappa shape index (κ2) is 3.88. The third kappa shape index (κ3) is 1.68. The molecule has 0 atom stereocenters. The van der Waals surface area contributed by atoms with Crippen LogP contribution in [-0.2, 0) is 5.33 Å².